The quantitative estimate of drug-likeness (QED) is 0.284. The molecule has 0 unspecified atom stereocenters. The molecule has 0 aromatic heterocycles. The molecule has 18 heavy (non-hydrogen) atoms. The zero-order valence-electron chi connectivity index (χ0n) is 9.07. The lowest BCUT2D eigenvalue weighted by molar-refractivity contribution is -0.137. The van der Waals surface area contributed by atoms with Crippen molar-refractivity contribution in [2.45, 2.75) is 12.6 Å². The van der Waals surface area contributed by atoms with Crippen molar-refractivity contribution in [2.24, 2.45) is 5.11 Å². The van der Waals surface area contributed by atoms with Gasteiger partial charge in [0, 0.05) is 17.9 Å². The van der Waals surface area contributed by atoms with Gasteiger partial charge in [-0.15, -0.1) is 0 Å². The molecule has 1 aromatic rings. The van der Waals surface area contributed by atoms with E-state index in [4.69, 9.17) is 5.53 Å². The lowest BCUT2D eigenvalue weighted by Crippen LogP contribution is -2.04. The molecule has 0 heterocycles. The van der Waals surface area contributed by atoms with Crippen molar-refractivity contribution in [1.29, 1.82) is 0 Å². The van der Waals surface area contributed by atoms with E-state index in [0.717, 1.165) is 12.1 Å². The highest BCUT2D eigenvalue weighted by Crippen LogP contribution is 2.32. The van der Waals surface area contributed by atoms with E-state index >= 15 is 0 Å². The first-order valence-corrected chi connectivity index (χ1v) is 4.85. The first-order chi connectivity index (χ1) is 8.45. The molecule has 1 rings (SSSR count). The van der Waals surface area contributed by atoms with E-state index in [9.17, 15) is 18.3 Å². The molecule has 4 nitrogen and oxygen atoms in total. The maximum absolute atomic E-state index is 12.3. The minimum absolute atomic E-state index is 0.101. The van der Waals surface area contributed by atoms with Crippen LogP contribution in [-0.4, -0.2) is 11.7 Å². The average molecular weight is 255 g/mol. The Bertz CT molecular complexity index is 537. The topological polar surface area (TPSA) is 69.0 Å². The highest BCUT2D eigenvalue weighted by molar-refractivity contribution is 5.47. The number of phenolic OH excluding ortho intramolecular Hbond substituents is 1. The molecule has 7 heteroatoms. The average Bonchev–Trinajstić information content (AvgIpc) is 2.29. The standard InChI is InChI=1S/C11H8F3N3O/c12-11(13,14)9-5-4-8(10(18)7-9)3-1-2-6-16-17-15/h4-5,7,18H,2,6H2. The summed E-state index contributed by atoms with van der Waals surface area (Å²) in [5.74, 6) is 4.55. The predicted octanol–water partition coefficient (Wildman–Crippen LogP) is 3.46. The third-order valence-electron chi connectivity index (χ3n) is 1.95. The summed E-state index contributed by atoms with van der Waals surface area (Å²) in [6, 6.07) is 2.56. The lowest BCUT2D eigenvalue weighted by Gasteiger charge is -2.07. The van der Waals surface area contributed by atoms with E-state index < -0.39 is 17.5 Å². The molecule has 1 N–H and O–H groups in total. The molecule has 1 aromatic carbocycles. The van der Waals surface area contributed by atoms with Gasteiger partial charge in [-0.25, -0.2) is 0 Å². The number of nitrogens with zero attached hydrogens (tertiary/aromatic N) is 3. The Morgan fingerprint density at radius 3 is 2.67 bits per heavy atom. The van der Waals surface area contributed by atoms with Crippen molar-refractivity contribution < 1.29 is 18.3 Å². The monoisotopic (exact) mass is 255 g/mol. The van der Waals surface area contributed by atoms with Crippen molar-refractivity contribution in [3.8, 4) is 17.6 Å². The first kappa shape index (κ1) is 13.7. The molecule has 0 bridgehead atoms. The van der Waals surface area contributed by atoms with E-state index in [1.807, 2.05) is 0 Å². The Kier molecular flexibility index (Phi) is 4.46. The van der Waals surface area contributed by atoms with Crippen LogP contribution in [-0.2, 0) is 6.18 Å². The van der Waals surface area contributed by atoms with Crippen LogP contribution >= 0.6 is 0 Å². The number of azide groups is 1. The van der Waals surface area contributed by atoms with Crippen LogP contribution in [0.3, 0.4) is 0 Å². The summed E-state index contributed by atoms with van der Waals surface area (Å²) in [6.07, 6.45) is -4.23. The van der Waals surface area contributed by atoms with Crippen LogP contribution in [0, 0.1) is 11.8 Å². The number of aromatic hydroxyl groups is 1. The number of phenols is 1. The Hall–Kier alpha value is -2.32. The van der Waals surface area contributed by atoms with Crippen LogP contribution in [0.5, 0.6) is 5.75 Å². The minimum Gasteiger partial charge on any atom is -0.507 e. The highest BCUT2D eigenvalue weighted by Gasteiger charge is 2.30. The fourth-order valence-corrected chi connectivity index (χ4v) is 1.12. The maximum Gasteiger partial charge on any atom is 0.416 e. The van der Waals surface area contributed by atoms with E-state index in [-0.39, 0.29) is 18.5 Å². The van der Waals surface area contributed by atoms with Gasteiger partial charge in [-0.1, -0.05) is 17.0 Å². The molecule has 0 aliphatic heterocycles. The van der Waals surface area contributed by atoms with E-state index in [2.05, 4.69) is 21.9 Å². The van der Waals surface area contributed by atoms with Gasteiger partial charge in [0.1, 0.15) is 5.75 Å². The van der Waals surface area contributed by atoms with E-state index in [1.165, 1.54) is 0 Å². The number of rotatable bonds is 2. The second-order valence-corrected chi connectivity index (χ2v) is 3.24. The van der Waals surface area contributed by atoms with Gasteiger partial charge in [-0.2, -0.15) is 13.2 Å². The SMILES string of the molecule is [N-]=[N+]=NCCC#Cc1ccc(C(F)(F)F)cc1O. The molecule has 0 fully saturated rings. The Morgan fingerprint density at radius 2 is 2.11 bits per heavy atom. The molecule has 0 spiro atoms. The second-order valence-electron chi connectivity index (χ2n) is 3.24. The molecule has 0 atom stereocenters. The summed E-state index contributed by atoms with van der Waals surface area (Å²) >= 11 is 0. The predicted molar refractivity (Wildman–Crippen MR) is 58.6 cm³/mol. The Morgan fingerprint density at radius 1 is 1.39 bits per heavy atom. The number of halogens is 3. The Labute approximate surface area is 101 Å². The number of hydrogen-bond acceptors (Lipinski definition) is 2. The maximum atomic E-state index is 12.3. The highest BCUT2D eigenvalue weighted by atomic mass is 19.4. The van der Waals surface area contributed by atoms with Crippen LogP contribution in [0.15, 0.2) is 23.3 Å². The normalized spacial score (nSPS) is 10.2. The minimum atomic E-state index is -4.50. The third-order valence-corrected chi connectivity index (χ3v) is 1.95. The summed E-state index contributed by atoms with van der Waals surface area (Å²) in [5.41, 5.74) is 7.17. The van der Waals surface area contributed by atoms with Gasteiger partial charge in [0.15, 0.2) is 0 Å². The van der Waals surface area contributed by atoms with Gasteiger partial charge < -0.3 is 5.11 Å². The smallest absolute Gasteiger partial charge is 0.416 e. The van der Waals surface area contributed by atoms with E-state index in [1.54, 1.807) is 0 Å². The van der Waals surface area contributed by atoms with Crippen LogP contribution in [0.2, 0.25) is 0 Å². The molecule has 94 valence electrons. The molecule has 0 saturated heterocycles. The number of alkyl halides is 3. The summed E-state index contributed by atoms with van der Waals surface area (Å²) in [4.78, 5) is 2.52. The van der Waals surface area contributed by atoms with Crippen molar-refractivity contribution in [3.63, 3.8) is 0 Å². The Balaban J connectivity index is 2.83. The lowest BCUT2D eigenvalue weighted by atomic mass is 10.1. The van der Waals surface area contributed by atoms with Crippen LogP contribution < -0.4 is 0 Å². The summed E-state index contributed by atoms with van der Waals surface area (Å²) in [6.45, 7) is 0.172. The number of benzene rings is 1. The van der Waals surface area contributed by atoms with Gasteiger partial charge in [0.2, 0.25) is 0 Å². The van der Waals surface area contributed by atoms with Crippen molar-refractivity contribution in [1.82, 2.24) is 0 Å². The molecular formula is C11H8F3N3O. The molecule has 0 aliphatic carbocycles. The second kappa shape index (κ2) is 5.84. The van der Waals surface area contributed by atoms with Gasteiger partial charge in [0.25, 0.3) is 0 Å². The number of hydrogen-bond donors (Lipinski definition) is 1. The van der Waals surface area contributed by atoms with Crippen LogP contribution in [0.1, 0.15) is 17.5 Å². The van der Waals surface area contributed by atoms with Crippen molar-refractivity contribution in [2.75, 3.05) is 6.54 Å². The summed E-state index contributed by atoms with van der Waals surface area (Å²) in [5, 5.41) is 12.6. The molecule has 0 radical (unpaired) electrons. The van der Waals surface area contributed by atoms with Gasteiger partial charge in [-0.05, 0) is 23.7 Å². The first-order valence-electron chi connectivity index (χ1n) is 4.85. The molecule has 0 aliphatic rings. The third kappa shape index (κ3) is 3.92. The van der Waals surface area contributed by atoms with Crippen molar-refractivity contribution in [3.05, 3.63) is 39.8 Å². The van der Waals surface area contributed by atoms with Gasteiger partial charge in [-0.3, -0.25) is 0 Å². The van der Waals surface area contributed by atoms with Gasteiger partial charge >= 0.3 is 6.18 Å². The fraction of sp³-hybridized carbons (Fsp3) is 0.273. The summed E-state index contributed by atoms with van der Waals surface area (Å²) < 4.78 is 36.9. The van der Waals surface area contributed by atoms with Gasteiger partial charge in [0.05, 0.1) is 11.1 Å². The molecular weight excluding hydrogens is 247 g/mol. The van der Waals surface area contributed by atoms with Crippen molar-refractivity contribution >= 4 is 0 Å². The fourth-order valence-electron chi connectivity index (χ4n) is 1.12. The molecule has 0 saturated carbocycles. The van der Waals surface area contributed by atoms with Crippen LogP contribution in [0.25, 0.3) is 10.4 Å². The van der Waals surface area contributed by atoms with E-state index in [0.29, 0.717) is 6.07 Å². The zero-order valence-corrected chi connectivity index (χ0v) is 9.07. The molecule has 0 amide bonds. The zero-order chi connectivity index (χ0) is 13.6. The van der Waals surface area contributed by atoms with Crippen LogP contribution in [0.4, 0.5) is 13.2 Å². The summed E-state index contributed by atoms with van der Waals surface area (Å²) in [7, 11) is 0. The largest absolute Gasteiger partial charge is 0.507 e.